The summed E-state index contributed by atoms with van der Waals surface area (Å²) in [6, 6.07) is 0. The van der Waals surface area contributed by atoms with Gasteiger partial charge in [0.25, 0.3) is 0 Å². The van der Waals surface area contributed by atoms with Crippen molar-refractivity contribution in [3.05, 3.63) is 12.8 Å². The summed E-state index contributed by atoms with van der Waals surface area (Å²) < 4.78 is 36.3. The molecule has 1 unspecified atom stereocenters. The monoisotopic (exact) mass is 211 g/mol. The molecule has 1 nitrogen and oxygen atoms in total. The van der Waals surface area contributed by atoms with E-state index in [-0.39, 0.29) is 6.42 Å². The number of alkyl halides is 3. The van der Waals surface area contributed by atoms with Crippen LogP contribution in [-0.2, 0) is 0 Å². The normalized spacial score (nSPS) is 15.6. The molecule has 5 heteroatoms. The zero-order chi connectivity index (χ0) is 10.5. The van der Waals surface area contributed by atoms with Crippen LogP contribution in [0, 0.1) is 5.92 Å². The summed E-state index contributed by atoms with van der Waals surface area (Å²) in [5, 5.41) is 0.458. The van der Waals surface area contributed by atoms with Crippen molar-refractivity contribution < 1.29 is 13.2 Å². The molecule has 13 heavy (non-hydrogen) atoms. The van der Waals surface area contributed by atoms with Gasteiger partial charge in [-0.05, 0) is 6.26 Å². The lowest BCUT2D eigenvalue weighted by Crippen LogP contribution is -2.21. The number of hydrogen-bond acceptors (Lipinski definition) is 2. The van der Waals surface area contributed by atoms with Gasteiger partial charge in [-0.15, -0.1) is 11.8 Å². The fraction of sp³-hybridized carbons (Fsp3) is 0.625. The molecule has 0 bridgehead atoms. The highest BCUT2D eigenvalue weighted by atomic mass is 32.2. The second-order valence-corrected chi connectivity index (χ2v) is 3.44. The van der Waals surface area contributed by atoms with E-state index in [0.717, 1.165) is 6.92 Å². The Morgan fingerprint density at radius 3 is 2.46 bits per heavy atom. The van der Waals surface area contributed by atoms with Gasteiger partial charge >= 0.3 is 6.18 Å². The maximum atomic E-state index is 12.1. The fourth-order valence-electron chi connectivity index (χ4n) is 0.668. The van der Waals surface area contributed by atoms with Crippen LogP contribution in [0.5, 0.6) is 0 Å². The highest BCUT2D eigenvalue weighted by Crippen LogP contribution is 2.29. The Bertz CT molecular complexity index is 198. The smallest absolute Gasteiger partial charge is 0.255 e. The van der Waals surface area contributed by atoms with Crippen LogP contribution in [0.25, 0.3) is 0 Å². The van der Waals surface area contributed by atoms with Gasteiger partial charge in [0, 0.05) is 12.6 Å². The summed E-state index contributed by atoms with van der Waals surface area (Å²) in [7, 11) is 0. The minimum Gasteiger partial charge on any atom is -0.255 e. The lowest BCUT2D eigenvalue weighted by Gasteiger charge is -2.15. The summed E-state index contributed by atoms with van der Waals surface area (Å²) in [4.78, 5) is 3.74. The Morgan fingerprint density at radius 1 is 1.62 bits per heavy atom. The molecular formula is C8H12F3NS. The first-order valence-corrected chi connectivity index (χ1v) is 4.92. The Hall–Kier alpha value is -0.450. The van der Waals surface area contributed by atoms with Crippen LogP contribution < -0.4 is 0 Å². The first kappa shape index (κ1) is 12.5. The van der Waals surface area contributed by atoms with Gasteiger partial charge in [-0.25, -0.2) is 0 Å². The third-order valence-electron chi connectivity index (χ3n) is 1.51. The minimum absolute atomic E-state index is 0.0727. The molecule has 0 spiro atoms. The number of nitrogens with zero attached hydrogens (tertiary/aromatic N) is 1. The van der Waals surface area contributed by atoms with Crippen LogP contribution in [0.15, 0.2) is 17.8 Å². The van der Waals surface area contributed by atoms with Crippen LogP contribution in [0.4, 0.5) is 13.2 Å². The Kier molecular flexibility index (Phi) is 5.13. The van der Waals surface area contributed by atoms with Crippen LogP contribution in [0.1, 0.15) is 13.3 Å². The summed E-state index contributed by atoms with van der Waals surface area (Å²) in [5.41, 5.74) is 0. The fourth-order valence-corrected chi connectivity index (χ4v) is 1.26. The molecule has 0 heterocycles. The van der Waals surface area contributed by atoms with Gasteiger partial charge in [0.1, 0.15) is 0 Å². The number of halogens is 3. The molecule has 0 aromatic carbocycles. The predicted octanol–water partition coefficient (Wildman–Crippen LogP) is 3.48. The zero-order valence-corrected chi connectivity index (χ0v) is 8.37. The molecular weight excluding hydrogens is 199 g/mol. The van der Waals surface area contributed by atoms with Crippen molar-refractivity contribution >= 4 is 16.8 Å². The van der Waals surface area contributed by atoms with E-state index in [1.807, 2.05) is 0 Å². The Balaban J connectivity index is 4.25. The van der Waals surface area contributed by atoms with E-state index in [4.69, 9.17) is 0 Å². The highest BCUT2D eigenvalue weighted by molar-refractivity contribution is 8.13. The van der Waals surface area contributed by atoms with Crippen molar-refractivity contribution in [2.24, 2.45) is 10.9 Å². The molecule has 0 amide bonds. The van der Waals surface area contributed by atoms with E-state index in [0.29, 0.717) is 5.04 Å². The van der Waals surface area contributed by atoms with Gasteiger partial charge in [-0.3, -0.25) is 4.99 Å². The van der Waals surface area contributed by atoms with Crippen LogP contribution in [-0.4, -0.2) is 17.5 Å². The van der Waals surface area contributed by atoms with Crippen molar-refractivity contribution in [2.75, 3.05) is 6.26 Å². The summed E-state index contributed by atoms with van der Waals surface area (Å²) in [6.07, 6.45) is -1.26. The first-order valence-electron chi connectivity index (χ1n) is 3.70. The molecule has 0 rings (SSSR count). The summed E-state index contributed by atoms with van der Waals surface area (Å²) in [5.74, 6) is -1.35. The number of thioether (sulfide) groups is 1. The zero-order valence-electron chi connectivity index (χ0n) is 7.56. The third-order valence-corrected chi connectivity index (χ3v) is 2.25. The van der Waals surface area contributed by atoms with E-state index in [2.05, 4.69) is 11.6 Å². The molecule has 1 atom stereocenters. The quantitative estimate of drug-likeness (QED) is 0.514. The lowest BCUT2D eigenvalue weighted by atomic mass is 10.1. The van der Waals surface area contributed by atoms with Gasteiger partial charge in [0.15, 0.2) is 0 Å². The average Bonchev–Trinajstić information content (AvgIpc) is 2.01. The minimum atomic E-state index is -4.14. The van der Waals surface area contributed by atoms with E-state index >= 15 is 0 Å². The van der Waals surface area contributed by atoms with E-state index in [9.17, 15) is 13.2 Å². The highest BCUT2D eigenvalue weighted by Gasteiger charge is 2.36. The summed E-state index contributed by atoms with van der Waals surface area (Å²) >= 11 is 1.22. The van der Waals surface area contributed by atoms with Crippen LogP contribution in [0.3, 0.4) is 0 Å². The number of aliphatic imine (C=N–C) groups is 1. The molecule has 0 saturated heterocycles. The second kappa shape index (κ2) is 5.32. The Morgan fingerprint density at radius 2 is 2.15 bits per heavy atom. The largest absolute Gasteiger partial charge is 0.391 e. The van der Waals surface area contributed by atoms with E-state index < -0.39 is 12.1 Å². The second-order valence-electron chi connectivity index (χ2n) is 2.56. The van der Waals surface area contributed by atoms with E-state index in [1.54, 1.807) is 6.26 Å². The molecule has 76 valence electrons. The van der Waals surface area contributed by atoms with Crippen molar-refractivity contribution in [3.63, 3.8) is 0 Å². The molecule has 0 aromatic heterocycles. The van der Waals surface area contributed by atoms with Crippen LogP contribution in [0.2, 0.25) is 0 Å². The SMILES string of the molecule is C=C/N=C(/CC(C)C(F)(F)F)SC. The average molecular weight is 211 g/mol. The molecule has 0 aliphatic heterocycles. The van der Waals surface area contributed by atoms with Crippen molar-refractivity contribution in [1.82, 2.24) is 0 Å². The molecule has 0 fully saturated rings. The molecule has 0 aliphatic rings. The molecule has 0 radical (unpaired) electrons. The maximum absolute atomic E-state index is 12.1. The van der Waals surface area contributed by atoms with Gasteiger partial charge < -0.3 is 0 Å². The van der Waals surface area contributed by atoms with Gasteiger partial charge in [0.2, 0.25) is 0 Å². The summed E-state index contributed by atoms with van der Waals surface area (Å²) in [6.45, 7) is 4.48. The van der Waals surface area contributed by atoms with Gasteiger partial charge in [0.05, 0.1) is 11.0 Å². The predicted molar refractivity (Wildman–Crippen MR) is 51.0 cm³/mol. The maximum Gasteiger partial charge on any atom is 0.391 e. The first-order chi connectivity index (χ1) is 5.91. The number of hydrogen-bond donors (Lipinski definition) is 0. The molecule has 0 aliphatic carbocycles. The third kappa shape index (κ3) is 4.98. The van der Waals surface area contributed by atoms with E-state index in [1.165, 1.54) is 18.0 Å². The molecule has 0 aromatic rings. The standard InChI is InChI=1S/C8H12F3NS/c1-4-12-7(13-3)5-6(2)8(9,10)11/h4,6H,1,5H2,2-3H3/b12-7-. The Labute approximate surface area is 80.1 Å². The lowest BCUT2D eigenvalue weighted by molar-refractivity contribution is -0.167. The van der Waals surface area contributed by atoms with Crippen molar-refractivity contribution in [1.29, 1.82) is 0 Å². The van der Waals surface area contributed by atoms with Crippen LogP contribution >= 0.6 is 11.8 Å². The molecule has 0 N–H and O–H groups in total. The molecule has 0 saturated carbocycles. The topological polar surface area (TPSA) is 12.4 Å². The van der Waals surface area contributed by atoms with Gasteiger partial charge in [-0.2, -0.15) is 13.2 Å². The van der Waals surface area contributed by atoms with Crippen molar-refractivity contribution in [3.8, 4) is 0 Å². The van der Waals surface area contributed by atoms with Gasteiger partial charge in [-0.1, -0.05) is 13.5 Å². The number of rotatable bonds is 3. The van der Waals surface area contributed by atoms with Crippen molar-refractivity contribution in [2.45, 2.75) is 19.5 Å².